The van der Waals surface area contributed by atoms with Crippen molar-refractivity contribution in [2.75, 3.05) is 6.61 Å². The maximum absolute atomic E-state index is 10.9. The summed E-state index contributed by atoms with van der Waals surface area (Å²) in [7, 11) is 0. The van der Waals surface area contributed by atoms with E-state index in [9.17, 15) is 4.79 Å². The minimum Gasteiger partial charge on any atom is -0.394 e. The molecule has 0 bridgehead atoms. The summed E-state index contributed by atoms with van der Waals surface area (Å²) in [6.07, 6.45) is 3.05. The van der Waals surface area contributed by atoms with E-state index in [4.69, 9.17) is 5.11 Å². The van der Waals surface area contributed by atoms with Crippen molar-refractivity contribution in [2.24, 2.45) is 5.92 Å². The van der Waals surface area contributed by atoms with Crippen LogP contribution in [0.4, 0.5) is 0 Å². The van der Waals surface area contributed by atoms with Crippen molar-refractivity contribution in [3.05, 3.63) is 11.8 Å². The van der Waals surface area contributed by atoms with Crippen molar-refractivity contribution < 1.29 is 9.90 Å². The Morgan fingerprint density at radius 1 is 1.54 bits per heavy atom. The van der Waals surface area contributed by atoms with Gasteiger partial charge in [-0.3, -0.25) is 4.79 Å². The van der Waals surface area contributed by atoms with E-state index >= 15 is 0 Å². The molecule has 0 saturated heterocycles. The summed E-state index contributed by atoms with van der Waals surface area (Å²) in [5.74, 6) is 0.560. The Bertz CT molecular complexity index is 221. The molecule has 1 rings (SSSR count). The van der Waals surface area contributed by atoms with Crippen LogP contribution in [0.25, 0.3) is 0 Å². The molecule has 1 aliphatic carbocycles. The topological polar surface area (TPSA) is 49.3 Å². The summed E-state index contributed by atoms with van der Waals surface area (Å²) in [6.45, 7) is 4.21. The van der Waals surface area contributed by atoms with Gasteiger partial charge in [0.25, 0.3) is 0 Å². The normalized spacial score (nSPS) is 19.1. The number of hydrogen-bond donors (Lipinski definition) is 2. The van der Waals surface area contributed by atoms with Crippen LogP contribution in [0, 0.1) is 5.92 Å². The van der Waals surface area contributed by atoms with E-state index in [1.54, 1.807) is 6.08 Å². The Hall–Kier alpha value is -0.830. The maximum atomic E-state index is 10.9. The molecular weight excluding hydrogens is 166 g/mol. The summed E-state index contributed by atoms with van der Waals surface area (Å²) in [5, 5.41) is 12.2. The molecule has 0 aliphatic heterocycles. The number of nitrogens with one attached hydrogen (secondary N) is 1. The average molecular weight is 183 g/mol. The summed E-state index contributed by atoms with van der Waals surface area (Å²) < 4.78 is 0. The van der Waals surface area contributed by atoms with Crippen molar-refractivity contribution in [3.63, 3.8) is 0 Å². The van der Waals surface area contributed by atoms with E-state index in [0.717, 1.165) is 12.1 Å². The molecule has 3 nitrogen and oxygen atoms in total. The molecule has 0 aromatic heterocycles. The fraction of sp³-hybridized carbons (Fsp3) is 0.700. The first kappa shape index (κ1) is 10.3. The molecular formula is C10H17NO2. The van der Waals surface area contributed by atoms with Crippen molar-refractivity contribution in [2.45, 2.75) is 32.7 Å². The first-order valence-corrected chi connectivity index (χ1v) is 4.74. The molecule has 0 saturated carbocycles. The van der Waals surface area contributed by atoms with Gasteiger partial charge in [0.05, 0.1) is 12.6 Å². The van der Waals surface area contributed by atoms with Crippen LogP contribution in [0.3, 0.4) is 0 Å². The number of hydrogen-bond acceptors (Lipinski definition) is 3. The van der Waals surface area contributed by atoms with E-state index in [0.29, 0.717) is 12.3 Å². The molecule has 0 amide bonds. The van der Waals surface area contributed by atoms with Gasteiger partial charge in [-0.25, -0.2) is 0 Å². The smallest absolute Gasteiger partial charge is 0.157 e. The highest BCUT2D eigenvalue weighted by Gasteiger charge is 2.17. The highest BCUT2D eigenvalue weighted by atomic mass is 16.3. The molecule has 1 atom stereocenters. The van der Waals surface area contributed by atoms with Gasteiger partial charge in [0.2, 0.25) is 0 Å². The Labute approximate surface area is 78.8 Å². The Kier molecular flexibility index (Phi) is 3.48. The van der Waals surface area contributed by atoms with E-state index in [1.165, 1.54) is 0 Å². The maximum Gasteiger partial charge on any atom is 0.157 e. The molecule has 0 fully saturated rings. The third-order valence-corrected chi connectivity index (χ3v) is 2.35. The summed E-state index contributed by atoms with van der Waals surface area (Å²) >= 11 is 0. The van der Waals surface area contributed by atoms with Crippen LogP contribution in [0.1, 0.15) is 26.7 Å². The highest BCUT2D eigenvalue weighted by Crippen LogP contribution is 2.14. The third kappa shape index (κ3) is 2.84. The summed E-state index contributed by atoms with van der Waals surface area (Å²) in [4.78, 5) is 10.9. The van der Waals surface area contributed by atoms with Gasteiger partial charge in [0.15, 0.2) is 5.78 Å². The zero-order valence-corrected chi connectivity index (χ0v) is 8.21. The van der Waals surface area contributed by atoms with Crippen LogP contribution < -0.4 is 5.32 Å². The van der Waals surface area contributed by atoms with Crippen molar-refractivity contribution >= 4 is 5.78 Å². The number of aliphatic hydroxyl groups is 1. The van der Waals surface area contributed by atoms with E-state index in [2.05, 4.69) is 5.32 Å². The molecule has 0 aromatic rings. The van der Waals surface area contributed by atoms with Crippen molar-refractivity contribution in [3.8, 4) is 0 Å². The second-order valence-corrected chi connectivity index (χ2v) is 3.81. The second kappa shape index (κ2) is 4.42. The SMILES string of the molecule is CC(C)[C@@H](CO)NC1=CC(=O)CC1. The molecule has 0 radical (unpaired) electrons. The van der Waals surface area contributed by atoms with Crippen LogP contribution in [0.2, 0.25) is 0 Å². The fourth-order valence-corrected chi connectivity index (χ4v) is 1.37. The lowest BCUT2D eigenvalue weighted by Gasteiger charge is -2.21. The van der Waals surface area contributed by atoms with E-state index in [1.807, 2.05) is 13.8 Å². The zero-order chi connectivity index (χ0) is 9.84. The predicted molar refractivity (Wildman–Crippen MR) is 51.2 cm³/mol. The molecule has 0 heterocycles. The standard InChI is InChI=1S/C10H17NO2/c1-7(2)10(6-12)11-8-3-4-9(13)5-8/h5,7,10-12H,3-4,6H2,1-2H3/t10-/m1/s1. The lowest BCUT2D eigenvalue weighted by molar-refractivity contribution is -0.114. The Balaban J connectivity index is 2.47. The predicted octanol–water partition coefficient (Wildman–Crippen LogP) is 0.840. The molecule has 3 heteroatoms. The molecule has 0 spiro atoms. The van der Waals surface area contributed by atoms with Gasteiger partial charge < -0.3 is 10.4 Å². The monoisotopic (exact) mass is 183 g/mol. The first-order chi connectivity index (χ1) is 6.13. The van der Waals surface area contributed by atoms with Gasteiger partial charge in [-0.2, -0.15) is 0 Å². The summed E-state index contributed by atoms with van der Waals surface area (Å²) in [6, 6.07) is 0.0668. The largest absolute Gasteiger partial charge is 0.394 e. The van der Waals surface area contributed by atoms with Gasteiger partial charge in [0.1, 0.15) is 0 Å². The number of aliphatic hydroxyl groups excluding tert-OH is 1. The number of allylic oxidation sites excluding steroid dienone is 2. The first-order valence-electron chi connectivity index (χ1n) is 4.74. The van der Waals surface area contributed by atoms with Crippen LogP contribution >= 0.6 is 0 Å². The van der Waals surface area contributed by atoms with E-state index in [-0.39, 0.29) is 18.4 Å². The van der Waals surface area contributed by atoms with E-state index < -0.39 is 0 Å². The van der Waals surface area contributed by atoms with Crippen LogP contribution in [0.5, 0.6) is 0 Å². The zero-order valence-electron chi connectivity index (χ0n) is 8.21. The minimum atomic E-state index is 0.0668. The number of carbonyl (C=O) groups is 1. The molecule has 74 valence electrons. The number of ketones is 1. The second-order valence-electron chi connectivity index (χ2n) is 3.81. The molecule has 1 aliphatic rings. The van der Waals surface area contributed by atoms with Gasteiger partial charge in [-0.1, -0.05) is 13.8 Å². The lowest BCUT2D eigenvalue weighted by Crippen LogP contribution is -2.36. The number of rotatable bonds is 4. The van der Waals surface area contributed by atoms with Crippen LogP contribution in [0.15, 0.2) is 11.8 Å². The van der Waals surface area contributed by atoms with Crippen LogP contribution in [-0.4, -0.2) is 23.5 Å². The quantitative estimate of drug-likeness (QED) is 0.679. The number of carbonyl (C=O) groups excluding carboxylic acids is 1. The molecule has 0 unspecified atom stereocenters. The van der Waals surface area contributed by atoms with Gasteiger partial charge >= 0.3 is 0 Å². The van der Waals surface area contributed by atoms with Crippen molar-refractivity contribution in [1.29, 1.82) is 0 Å². The average Bonchev–Trinajstić information content (AvgIpc) is 2.46. The molecule has 13 heavy (non-hydrogen) atoms. The fourth-order valence-electron chi connectivity index (χ4n) is 1.37. The van der Waals surface area contributed by atoms with Gasteiger partial charge in [-0.15, -0.1) is 0 Å². The van der Waals surface area contributed by atoms with Crippen LogP contribution in [-0.2, 0) is 4.79 Å². The van der Waals surface area contributed by atoms with Gasteiger partial charge in [-0.05, 0) is 12.3 Å². The minimum absolute atomic E-state index is 0.0668. The lowest BCUT2D eigenvalue weighted by atomic mass is 10.1. The molecule has 0 aromatic carbocycles. The van der Waals surface area contributed by atoms with Gasteiger partial charge in [0, 0.05) is 18.2 Å². The summed E-state index contributed by atoms with van der Waals surface area (Å²) in [5.41, 5.74) is 0.970. The third-order valence-electron chi connectivity index (χ3n) is 2.35. The Morgan fingerprint density at radius 2 is 2.23 bits per heavy atom. The molecule has 2 N–H and O–H groups in total. The Morgan fingerprint density at radius 3 is 2.62 bits per heavy atom. The highest BCUT2D eigenvalue weighted by molar-refractivity contribution is 5.92. The van der Waals surface area contributed by atoms with Crippen molar-refractivity contribution in [1.82, 2.24) is 5.32 Å².